The minimum absolute atomic E-state index is 0.0208. The molecule has 2 heterocycles. The van der Waals surface area contributed by atoms with Crippen molar-refractivity contribution in [3.63, 3.8) is 0 Å². The van der Waals surface area contributed by atoms with Crippen molar-refractivity contribution in [2.75, 3.05) is 32.7 Å². The van der Waals surface area contributed by atoms with E-state index in [1.807, 2.05) is 35.2 Å². The summed E-state index contributed by atoms with van der Waals surface area (Å²) in [5.74, 6) is 0.750. The van der Waals surface area contributed by atoms with E-state index in [9.17, 15) is 9.59 Å². The highest BCUT2D eigenvalue weighted by molar-refractivity contribution is 5.92. The molecule has 0 unspecified atom stereocenters. The Morgan fingerprint density at radius 2 is 1.92 bits per heavy atom. The number of nitrogens with one attached hydrogen (secondary N) is 1. The van der Waals surface area contributed by atoms with Crippen LogP contribution in [0.3, 0.4) is 0 Å². The molecule has 0 spiro atoms. The number of piperazine rings is 1. The Labute approximate surface area is 152 Å². The van der Waals surface area contributed by atoms with Crippen LogP contribution in [0.5, 0.6) is 0 Å². The molecule has 1 aliphatic carbocycles. The van der Waals surface area contributed by atoms with Gasteiger partial charge in [0.25, 0.3) is 0 Å². The summed E-state index contributed by atoms with van der Waals surface area (Å²) in [6, 6.07) is 10.1. The Kier molecular flexibility index (Phi) is 4.75. The number of rotatable bonds is 5. The van der Waals surface area contributed by atoms with E-state index in [4.69, 9.17) is 4.42 Å². The fourth-order valence-electron chi connectivity index (χ4n) is 3.17. The van der Waals surface area contributed by atoms with Gasteiger partial charge in [0.05, 0.1) is 6.54 Å². The normalized spacial score (nSPS) is 18.5. The number of hydrogen-bond acceptors (Lipinski definition) is 4. The Balaban J connectivity index is 1.27. The van der Waals surface area contributed by atoms with E-state index in [1.54, 1.807) is 12.2 Å². The molecular weight excluding hydrogens is 330 g/mol. The summed E-state index contributed by atoms with van der Waals surface area (Å²) in [6.07, 6.45) is 5.49. The van der Waals surface area contributed by atoms with Gasteiger partial charge < -0.3 is 14.6 Å². The van der Waals surface area contributed by atoms with Crippen molar-refractivity contribution >= 4 is 28.9 Å². The third-order valence-electron chi connectivity index (χ3n) is 4.83. The number of amides is 2. The van der Waals surface area contributed by atoms with Gasteiger partial charge in [-0.3, -0.25) is 14.5 Å². The molecule has 4 rings (SSSR count). The first-order chi connectivity index (χ1) is 12.7. The smallest absolute Gasteiger partial charge is 0.246 e. The summed E-state index contributed by atoms with van der Waals surface area (Å²) in [5, 5.41) is 4.03. The number of hydrogen-bond donors (Lipinski definition) is 1. The van der Waals surface area contributed by atoms with Gasteiger partial charge in [-0.15, -0.1) is 0 Å². The summed E-state index contributed by atoms with van der Waals surface area (Å²) in [7, 11) is 0. The predicted molar refractivity (Wildman–Crippen MR) is 99.4 cm³/mol. The monoisotopic (exact) mass is 353 g/mol. The minimum atomic E-state index is -0.0208. The molecule has 6 nitrogen and oxygen atoms in total. The van der Waals surface area contributed by atoms with Crippen molar-refractivity contribution in [1.29, 1.82) is 0 Å². The lowest BCUT2D eigenvalue weighted by molar-refractivity contribution is -0.128. The van der Waals surface area contributed by atoms with Gasteiger partial charge in [-0.1, -0.05) is 18.2 Å². The van der Waals surface area contributed by atoms with Crippen LogP contribution in [0, 0.1) is 0 Å². The number of carbonyl (C=O) groups is 2. The molecule has 2 amide bonds. The third-order valence-corrected chi connectivity index (χ3v) is 4.83. The molecule has 6 heteroatoms. The van der Waals surface area contributed by atoms with Crippen LogP contribution >= 0.6 is 0 Å². The fraction of sp³-hybridized carbons (Fsp3) is 0.400. The van der Waals surface area contributed by atoms with Gasteiger partial charge in [0.15, 0.2) is 0 Å². The minimum Gasteiger partial charge on any atom is -0.457 e. The van der Waals surface area contributed by atoms with Crippen LogP contribution in [0.2, 0.25) is 0 Å². The van der Waals surface area contributed by atoms with Crippen LogP contribution in [0.1, 0.15) is 18.6 Å². The molecule has 1 aliphatic heterocycles. The maximum Gasteiger partial charge on any atom is 0.246 e. The number of nitrogens with zero attached hydrogens (tertiary/aromatic N) is 2. The van der Waals surface area contributed by atoms with Crippen LogP contribution in [-0.4, -0.2) is 60.4 Å². The van der Waals surface area contributed by atoms with Crippen LogP contribution in [0.15, 0.2) is 40.8 Å². The predicted octanol–water partition coefficient (Wildman–Crippen LogP) is 1.87. The first-order valence-corrected chi connectivity index (χ1v) is 9.15. The van der Waals surface area contributed by atoms with E-state index in [-0.39, 0.29) is 11.8 Å². The standard InChI is InChI=1S/C20H23N3O3/c24-19(21-16-5-6-16)14-22-9-11-23(12-10-22)20(25)8-7-17-13-15-3-1-2-4-18(15)26-17/h1-4,7-8,13,16H,5-6,9-12,14H2,(H,21,24)/b8-7+. The molecule has 0 atom stereocenters. The Bertz CT molecular complexity index is 797. The van der Waals surface area contributed by atoms with E-state index in [1.165, 1.54) is 0 Å². The summed E-state index contributed by atoms with van der Waals surface area (Å²) in [6.45, 7) is 3.15. The van der Waals surface area contributed by atoms with Crippen LogP contribution in [0.4, 0.5) is 0 Å². The molecule has 1 aromatic heterocycles. The molecule has 0 bridgehead atoms. The maximum absolute atomic E-state index is 12.4. The van der Waals surface area contributed by atoms with Crippen LogP contribution < -0.4 is 5.32 Å². The zero-order valence-electron chi connectivity index (χ0n) is 14.7. The van der Waals surface area contributed by atoms with Crippen LogP contribution in [0.25, 0.3) is 17.0 Å². The lowest BCUT2D eigenvalue weighted by atomic mass is 10.2. The fourth-order valence-corrected chi connectivity index (χ4v) is 3.17. The van der Waals surface area contributed by atoms with Gasteiger partial charge in [0.1, 0.15) is 11.3 Å². The van der Waals surface area contributed by atoms with E-state index < -0.39 is 0 Å². The summed E-state index contributed by atoms with van der Waals surface area (Å²) < 4.78 is 5.69. The molecule has 1 saturated carbocycles. The zero-order valence-corrected chi connectivity index (χ0v) is 14.7. The number of benzene rings is 1. The summed E-state index contributed by atoms with van der Waals surface area (Å²) >= 11 is 0. The average Bonchev–Trinajstić information content (AvgIpc) is 3.35. The second-order valence-electron chi connectivity index (χ2n) is 6.96. The van der Waals surface area contributed by atoms with E-state index >= 15 is 0 Å². The number of carbonyl (C=O) groups excluding carboxylic acids is 2. The molecule has 26 heavy (non-hydrogen) atoms. The van der Waals surface area contributed by atoms with Gasteiger partial charge >= 0.3 is 0 Å². The number of para-hydroxylation sites is 1. The Hall–Kier alpha value is -2.60. The van der Waals surface area contributed by atoms with Gasteiger partial charge in [-0.05, 0) is 31.1 Å². The Morgan fingerprint density at radius 1 is 1.15 bits per heavy atom. The van der Waals surface area contributed by atoms with Crippen molar-refractivity contribution in [2.24, 2.45) is 0 Å². The van der Waals surface area contributed by atoms with E-state index in [0.29, 0.717) is 31.4 Å². The molecule has 1 N–H and O–H groups in total. The lowest BCUT2D eigenvalue weighted by Crippen LogP contribution is -2.50. The van der Waals surface area contributed by atoms with Gasteiger partial charge in [0.2, 0.25) is 11.8 Å². The average molecular weight is 353 g/mol. The van der Waals surface area contributed by atoms with Crippen molar-refractivity contribution < 1.29 is 14.0 Å². The summed E-state index contributed by atoms with van der Waals surface area (Å²) in [5.41, 5.74) is 0.817. The molecule has 1 aromatic carbocycles. The molecule has 136 valence electrons. The number of fused-ring (bicyclic) bond motifs is 1. The topological polar surface area (TPSA) is 65.8 Å². The maximum atomic E-state index is 12.4. The highest BCUT2D eigenvalue weighted by atomic mass is 16.3. The van der Waals surface area contributed by atoms with Crippen molar-refractivity contribution in [3.8, 4) is 0 Å². The van der Waals surface area contributed by atoms with Gasteiger partial charge in [0, 0.05) is 43.7 Å². The SMILES string of the molecule is O=C(CN1CCN(C(=O)/C=C/c2cc3ccccc3o2)CC1)NC1CC1. The molecular formula is C20H23N3O3. The van der Waals surface area contributed by atoms with Gasteiger partial charge in [-0.2, -0.15) is 0 Å². The van der Waals surface area contributed by atoms with Crippen molar-refractivity contribution in [3.05, 3.63) is 42.2 Å². The highest BCUT2D eigenvalue weighted by Gasteiger charge is 2.25. The lowest BCUT2D eigenvalue weighted by Gasteiger charge is -2.33. The second-order valence-corrected chi connectivity index (χ2v) is 6.96. The first kappa shape index (κ1) is 16.8. The largest absolute Gasteiger partial charge is 0.457 e. The van der Waals surface area contributed by atoms with Crippen molar-refractivity contribution in [2.45, 2.75) is 18.9 Å². The number of furan rings is 1. The molecule has 2 aromatic rings. The molecule has 2 aliphatic rings. The molecule has 0 radical (unpaired) electrons. The third kappa shape index (κ3) is 4.14. The zero-order chi connectivity index (χ0) is 17.9. The molecule has 2 fully saturated rings. The quantitative estimate of drug-likeness (QED) is 0.834. The van der Waals surface area contributed by atoms with Crippen LogP contribution in [-0.2, 0) is 9.59 Å². The van der Waals surface area contributed by atoms with E-state index in [2.05, 4.69) is 10.2 Å². The van der Waals surface area contributed by atoms with E-state index in [0.717, 1.165) is 36.9 Å². The highest BCUT2D eigenvalue weighted by Crippen LogP contribution is 2.20. The second kappa shape index (κ2) is 7.33. The first-order valence-electron chi connectivity index (χ1n) is 9.15. The summed E-state index contributed by atoms with van der Waals surface area (Å²) in [4.78, 5) is 28.1. The Morgan fingerprint density at radius 3 is 2.65 bits per heavy atom. The molecule has 1 saturated heterocycles. The van der Waals surface area contributed by atoms with Gasteiger partial charge in [-0.25, -0.2) is 0 Å². The van der Waals surface area contributed by atoms with Crippen molar-refractivity contribution in [1.82, 2.24) is 15.1 Å².